The zero-order valence-corrected chi connectivity index (χ0v) is 11.6. The number of carbonyl (C=O) groups is 1. The van der Waals surface area contributed by atoms with Gasteiger partial charge >= 0.3 is 5.97 Å². The molecule has 1 aromatic heterocycles. The molecule has 0 spiro atoms. The maximum Gasteiger partial charge on any atom is 0.357 e. The quantitative estimate of drug-likeness (QED) is 0.467. The maximum atomic E-state index is 11.4. The molecular weight excluding hydrogens is 252 g/mol. The second-order valence-corrected chi connectivity index (χ2v) is 4.29. The van der Waals surface area contributed by atoms with Gasteiger partial charge in [-0.05, 0) is 6.92 Å². The Bertz CT molecular complexity index is 417. The predicted molar refractivity (Wildman–Crippen MR) is 72.2 cm³/mol. The Labute approximate surface area is 110 Å². The molecule has 0 radical (unpaired) electrons. The first-order valence-electron chi connectivity index (χ1n) is 5.71. The van der Waals surface area contributed by atoms with E-state index in [1.807, 2.05) is 0 Å². The zero-order chi connectivity index (χ0) is 13.4. The van der Waals surface area contributed by atoms with Gasteiger partial charge in [0.25, 0.3) is 0 Å². The summed E-state index contributed by atoms with van der Waals surface area (Å²) in [6.07, 6.45) is 0.741. The number of ether oxygens (including phenoxy) is 1. The molecule has 0 aliphatic heterocycles. The van der Waals surface area contributed by atoms with E-state index < -0.39 is 0 Å². The summed E-state index contributed by atoms with van der Waals surface area (Å²) in [5, 5.41) is 8.67. The third-order valence-corrected chi connectivity index (χ3v) is 3.04. The summed E-state index contributed by atoms with van der Waals surface area (Å²) < 4.78 is 4.88. The van der Waals surface area contributed by atoms with Gasteiger partial charge in [-0.25, -0.2) is 9.78 Å². The van der Waals surface area contributed by atoms with Crippen LogP contribution in [0.1, 0.15) is 22.4 Å². The molecule has 0 aromatic carbocycles. The van der Waals surface area contributed by atoms with Gasteiger partial charge < -0.3 is 15.4 Å². The van der Waals surface area contributed by atoms with E-state index >= 15 is 0 Å². The number of carbonyl (C=O) groups excluding carboxylic acids is 1. The van der Waals surface area contributed by atoms with E-state index in [1.54, 1.807) is 26.4 Å². The van der Waals surface area contributed by atoms with Crippen LogP contribution in [-0.2, 0) is 11.2 Å². The van der Waals surface area contributed by atoms with Crippen LogP contribution in [0.3, 0.4) is 0 Å². The summed E-state index contributed by atoms with van der Waals surface area (Å²) in [5.74, 6) is 0.371. The first-order valence-corrected chi connectivity index (χ1v) is 6.59. The molecule has 0 fully saturated rings. The van der Waals surface area contributed by atoms with Crippen molar-refractivity contribution >= 4 is 23.3 Å². The van der Waals surface area contributed by atoms with Crippen molar-refractivity contribution in [3.05, 3.63) is 16.1 Å². The number of hydrogen-bond acceptors (Lipinski definition) is 5. The molecule has 0 amide bonds. The highest BCUT2D eigenvalue weighted by Crippen LogP contribution is 2.11. The van der Waals surface area contributed by atoms with Crippen LogP contribution in [0.25, 0.3) is 0 Å². The van der Waals surface area contributed by atoms with Gasteiger partial charge in [-0.1, -0.05) is 0 Å². The summed E-state index contributed by atoms with van der Waals surface area (Å²) >= 11 is 1.46. The fraction of sp³-hybridized carbons (Fsp3) is 0.545. The Hall–Kier alpha value is -1.63. The van der Waals surface area contributed by atoms with Crippen LogP contribution < -0.4 is 10.6 Å². The number of nitrogens with one attached hydrogen (secondary N) is 2. The standard InChI is InChI=1S/C11H18N4O2S/c1-4-17-10(16)8-7-18-9(15-8)5-6-14-11(12-2)13-3/h7H,4-6H2,1-3H3,(H2,12,13,14). The van der Waals surface area contributed by atoms with Crippen LogP contribution in [0.15, 0.2) is 10.4 Å². The molecule has 0 aliphatic carbocycles. The summed E-state index contributed by atoms with van der Waals surface area (Å²) in [6.45, 7) is 2.85. The van der Waals surface area contributed by atoms with Crippen LogP contribution in [0.2, 0.25) is 0 Å². The molecule has 6 nitrogen and oxygen atoms in total. The maximum absolute atomic E-state index is 11.4. The van der Waals surface area contributed by atoms with Crippen LogP contribution in [0.4, 0.5) is 0 Å². The summed E-state index contributed by atoms with van der Waals surface area (Å²) in [7, 11) is 3.51. The predicted octanol–water partition coefficient (Wildman–Crippen LogP) is 0.657. The van der Waals surface area contributed by atoms with E-state index in [0.29, 0.717) is 18.8 Å². The summed E-state index contributed by atoms with van der Waals surface area (Å²) in [5.41, 5.74) is 0.384. The van der Waals surface area contributed by atoms with Gasteiger partial charge in [0.1, 0.15) is 0 Å². The minimum absolute atomic E-state index is 0.362. The van der Waals surface area contributed by atoms with E-state index in [1.165, 1.54) is 11.3 Å². The summed E-state index contributed by atoms with van der Waals surface area (Å²) in [4.78, 5) is 19.6. The van der Waals surface area contributed by atoms with Crippen molar-refractivity contribution in [3.63, 3.8) is 0 Å². The van der Waals surface area contributed by atoms with Crippen LogP contribution in [0, 0.1) is 0 Å². The molecular formula is C11H18N4O2S. The molecule has 1 rings (SSSR count). The number of aliphatic imine (C=N–C) groups is 1. The second-order valence-electron chi connectivity index (χ2n) is 3.35. The van der Waals surface area contributed by atoms with Crippen molar-refractivity contribution < 1.29 is 9.53 Å². The third kappa shape index (κ3) is 4.33. The number of rotatable bonds is 5. The Morgan fingerprint density at radius 3 is 3.00 bits per heavy atom. The smallest absolute Gasteiger partial charge is 0.357 e. The number of thiazole rings is 1. The van der Waals surface area contributed by atoms with Crippen molar-refractivity contribution in [3.8, 4) is 0 Å². The fourth-order valence-electron chi connectivity index (χ4n) is 1.29. The van der Waals surface area contributed by atoms with Crippen molar-refractivity contribution in [1.29, 1.82) is 0 Å². The molecule has 0 bridgehead atoms. The third-order valence-electron chi connectivity index (χ3n) is 2.13. The van der Waals surface area contributed by atoms with Gasteiger partial charge in [-0.3, -0.25) is 4.99 Å². The van der Waals surface area contributed by atoms with E-state index in [0.717, 1.165) is 17.4 Å². The van der Waals surface area contributed by atoms with E-state index in [-0.39, 0.29) is 5.97 Å². The molecule has 100 valence electrons. The molecule has 1 heterocycles. The van der Waals surface area contributed by atoms with Gasteiger partial charge in [0, 0.05) is 32.4 Å². The Balaban J connectivity index is 2.42. The first kappa shape index (κ1) is 14.4. The summed E-state index contributed by atoms with van der Waals surface area (Å²) in [6, 6.07) is 0. The average Bonchev–Trinajstić information content (AvgIpc) is 2.84. The molecule has 2 N–H and O–H groups in total. The minimum Gasteiger partial charge on any atom is -0.461 e. The lowest BCUT2D eigenvalue weighted by atomic mass is 10.4. The van der Waals surface area contributed by atoms with E-state index in [4.69, 9.17) is 4.74 Å². The number of aromatic nitrogens is 1. The lowest BCUT2D eigenvalue weighted by molar-refractivity contribution is 0.0520. The molecule has 1 aromatic rings. The Kier molecular flexibility index (Phi) is 6.13. The zero-order valence-electron chi connectivity index (χ0n) is 10.8. The largest absolute Gasteiger partial charge is 0.461 e. The molecule has 0 saturated carbocycles. The highest BCUT2D eigenvalue weighted by atomic mass is 32.1. The lowest BCUT2D eigenvalue weighted by Crippen LogP contribution is -2.35. The number of nitrogens with zero attached hydrogens (tertiary/aromatic N) is 2. The minimum atomic E-state index is -0.362. The molecule has 0 saturated heterocycles. The molecule has 18 heavy (non-hydrogen) atoms. The highest BCUT2D eigenvalue weighted by Gasteiger charge is 2.11. The molecule has 0 aliphatic rings. The monoisotopic (exact) mass is 270 g/mol. The van der Waals surface area contributed by atoms with Gasteiger partial charge in [-0.15, -0.1) is 11.3 Å². The normalized spacial score (nSPS) is 11.2. The van der Waals surface area contributed by atoms with E-state index in [9.17, 15) is 4.79 Å². The van der Waals surface area contributed by atoms with Crippen molar-refractivity contribution in [2.75, 3.05) is 27.2 Å². The van der Waals surface area contributed by atoms with Crippen molar-refractivity contribution in [2.45, 2.75) is 13.3 Å². The van der Waals surface area contributed by atoms with Crippen LogP contribution in [0.5, 0.6) is 0 Å². The topological polar surface area (TPSA) is 75.6 Å². The van der Waals surface area contributed by atoms with Crippen LogP contribution >= 0.6 is 11.3 Å². The van der Waals surface area contributed by atoms with Gasteiger partial charge in [0.2, 0.25) is 0 Å². The lowest BCUT2D eigenvalue weighted by Gasteiger charge is -2.06. The Morgan fingerprint density at radius 2 is 2.39 bits per heavy atom. The van der Waals surface area contributed by atoms with Gasteiger partial charge in [0.15, 0.2) is 11.7 Å². The fourth-order valence-corrected chi connectivity index (χ4v) is 2.06. The SMILES string of the molecule is CCOC(=O)c1csc(CCNC(=NC)NC)n1. The molecule has 0 unspecified atom stereocenters. The first-order chi connectivity index (χ1) is 8.71. The van der Waals surface area contributed by atoms with Gasteiger partial charge in [-0.2, -0.15) is 0 Å². The number of hydrogen-bond donors (Lipinski definition) is 2. The van der Waals surface area contributed by atoms with Gasteiger partial charge in [0.05, 0.1) is 11.6 Å². The van der Waals surface area contributed by atoms with E-state index in [2.05, 4.69) is 20.6 Å². The van der Waals surface area contributed by atoms with Crippen LogP contribution in [-0.4, -0.2) is 44.2 Å². The average molecular weight is 270 g/mol. The van der Waals surface area contributed by atoms with Crippen molar-refractivity contribution in [2.24, 2.45) is 4.99 Å². The van der Waals surface area contributed by atoms with Crippen molar-refractivity contribution in [1.82, 2.24) is 15.6 Å². The second kappa shape index (κ2) is 7.65. The number of esters is 1. The highest BCUT2D eigenvalue weighted by molar-refractivity contribution is 7.09. The Morgan fingerprint density at radius 1 is 1.61 bits per heavy atom. The molecule has 0 atom stereocenters. The number of guanidine groups is 1. The molecule has 7 heteroatoms.